The molecule has 27 heavy (non-hydrogen) atoms. The van der Waals surface area contributed by atoms with Crippen molar-refractivity contribution in [2.24, 2.45) is 7.05 Å². The molecule has 1 N–H and O–H groups in total. The molecule has 1 fully saturated rings. The third-order valence-corrected chi connectivity index (χ3v) is 6.84. The van der Waals surface area contributed by atoms with Crippen LogP contribution >= 0.6 is 23.1 Å². The van der Waals surface area contributed by atoms with Crippen LogP contribution in [0.1, 0.15) is 19.3 Å². The van der Waals surface area contributed by atoms with Crippen molar-refractivity contribution in [3.8, 4) is 11.1 Å². The molecule has 1 saturated heterocycles. The van der Waals surface area contributed by atoms with Crippen LogP contribution in [-0.2, 0) is 11.8 Å². The van der Waals surface area contributed by atoms with Crippen molar-refractivity contribution >= 4 is 39.2 Å². The van der Waals surface area contributed by atoms with Crippen LogP contribution in [0, 0.1) is 5.82 Å². The van der Waals surface area contributed by atoms with Gasteiger partial charge in [0.1, 0.15) is 10.6 Å². The van der Waals surface area contributed by atoms with Gasteiger partial charge in [0.25, 0.3) is 5.56 Å². The summed E-state index contributed by atoms with van der Waals surface area (Å²) in [6.07, 6.45) is 2.72. The normalized spacial score (nSPS) is 17.7. The molecule has 140 valence electrons. The van der Waals surface area contributed by atoms with Crippen LogP contribution in [0.15, 0.2) is 39.6 Å². The highest BCUT2D eigenvalue weighted by molar-refractivity contribution is 8.00. The van der Waals surface area contributed by atoms with Gasteiger partial charge in [0.05, 0.1) is 10.6 Å². The zero-order valence-corrected chi connectivity index (χ0v) is 16.3. The fourth-order valence-electron chi connectivity index (χ4n) is 3.15. The molecular weight excluding hydrogens is 385 g/mol. The van der Waals surface area contributed by atoms with Gasteiger partial charge in [0, 0.05) is 24.5 Å². The monoisotopic (exact) mass is 403 g/mol. The predicted molar refractivity (Wildman–Crippen MR) is 107 cm³/mol. The van der Waals surface area contributed by atoms with Crippen LogP contribution in [0.2, 0.25) is 0 Å². The van der Waals surface area contributed by atoms with Gasteiger partial charge in [-0.1, -0.05) is 30.3 Å². The van der Waals surface area contributed by atoms with Gasteiger partial charge in [-0.15, -0.1) is 11.3 Å². The summed E-state index contributed by atoms with van der Waals surface area (Å²) < 4.78 is 14.7. The lowest BCUT2D eigenvalue weighted by molar-refractivity contribution is -0.120. The van der Waals surface area contributed by atoms with Crippen molar-refractivity contribution in [2.45, 2.75) is 29.7 Å². The fraction of sp³-hybridized carbons (Fsp3) is 0.316. The highest BCUT2D eigenvalue weighted by Gasteiger charge is 2.24. The van der Waals surface area contributed by atoms with E-state index in [0.717, 1.165) is 30.4 Å². The van der Waals surface area contributed by atoms with Crippen LogP contribution in [0.5, 0.6) is 0 Å². The van der Waals surface area contributed by atoms with Gasteiger partial charge in [-0.05, 0) is 30.5 Å². The van der Waals surface area contributed by atoms with E-state index in [4.69, 9.17) is 0 Å². The molecule has 1 unspecified atom stereocenters. The number of carbonyl (C=O) groups excluding carboxylic acids is 1. The quantitative estimate of drug-likeness (QED) is 0.679. The van der Waals surface area contributed by atoms with E-state index in [2.05, 4.69) is 10.3 Å². The largest absolute Gasteiger partial charge is 0.355 e. The molecule has 0 spiro atoms. The third-order valence-electron chi connectivity index (χ3n) is 4.66. The minimum atomic E-state index is -0.315. The van der Waals surface area contributed by atoms with Crippen molar-refractivity contribution in [3.05, 3.63) is 45.8 Å². The lowest BCUT2D eigenvalue weighted by Gasteiger charge is -2.14. The lowest BCUT2D eigenvalue weighted by Crippen LogP contribution is -2.31. The SMILES string of the molecule is Cn1c(SC2CCCCNC2=O)nc2scc(-c3ccc(F)cc3)c2c1=O. The van der Waals surface area contributed by atoms with Crippen molar-refractivity contribution < 1.29 is 9.18 Å². The van der Waals surface area contributed by atoms with E-state index in [9.17, 15) is 14.0 Å². The van der Waals surface area contributed by atoms with E-state index in [-0.39, 0.29) is 22.5 Å². The number of nitrogens with zero attached hydrogens (tertiary/aromatic N) is 2. The fourth-order valence-corrected chi connectivity index (χ4v) is 5.26. The van der Waals surface area contributed by atoms with Gasteiger partial charge in [-0.2, -0.15) is 0 Å². The zero-order valence-electron chi connectivity index (χ0n) is 14.7. The maximum Gasteiger partial charge on any atom is 0.263 e. The maximum absolute atomic E-state index is 13.2. The van der Waals surface area contributed by atoms with Gasteiger partial charge in [0.2, 0.25) is 5.91 Å². The van der Waals surface area contributed by atoms with Crippen LogP contribution < -0.4 is 10.9 Å². The summed E-state index contributed by atoms with van der Waals surface area (Å²) in [5.74, 6) is -0.310. The first kappa shape index (κ1) is 18.2. The smallest absolute Gasteiger partial charge is 0.263 e. The number of aromatic nitrogens is 2. The third kappa shape index (κ3) is 3.51. The summed E-state index contributed by atoms with van der Waals surface area (Å²) in [4.78, 5) is 30.5. The van der Waals surface area contributed by atoms with Crippen molar-refractivity contribution in [1.29, 1.82) is 0 Å². The molecule has 4 rings (SSSR count). The van der Waals surface area contributed by atoms with Crippen LogP contribution in [0.4, 0.5) is 4.39 Å². The standard InChI is InChI=1S/C19H18FN3O2S2/c1-23-18(25)15-13(11-5-7-12(20)8-6-11)10-26-17(15)22-19(23)27-14-4-2-3-9-21-16(14)24/h5-8,10,14H,2-4,9H2,1H3,(H,21,24). The first-order chi connectivity index (χ1) is 13.0. The molecule has 1 aliphatic rings. The zero-order chi connectivity index (χ0) is 19.0. The molecule has 3 aromatic rings. The highest BCUT2D eigenvalue weighted by atomic mass is 32.2. The molecule has 1 aromatic carbocycles. The minimum Gasteiger partial charge on any atom is -0.355 e. The molecule has 0 bridgehead atoms. The van der Waals surface area contributed by atoms with Crippen molar-refractivity contribution in [3.63, 3.8) is 0 Å². The Bertz CT molecular complexity index is 1060. The van der Waals surface area contributed by atoms with Crippen LogP contribution in [0.3, 0.4) is 0 Å². The Morgan fingerprint density at radius 3 is 2.81 bits per heavy atom. The molecule has 1 aliphatic heterocycles. The number of nitrogens with one attached hydrogen (secondary N) is 1. The number of fused-ring (bicyclic) bond motifs is 1. The number of hydrogen-bond donors (Lipinski definition) is 1. The molecular formula is C19H18FN3O2S2. The Balaban J connectivity index is 1.75. The van der Waals surface area contributed by atoms with Gasteiger partial charge in [0.15, 0.2) is 5.16 Å². The number of halogens is 1. The summed E-state index contributed by atoms with van der Waals surface area (Å²) in [7, 11) is 1.68. The number of hydrogen-bond acceptors (Lipinski definition) is 5. The minimum absolute atomic E-state index is 0.00465. The van der Waals surface area contributed by atoms with E-state index in [1.807, 2.05) is 5.38 Å². The van der Waals surface area contributed by atoms with E-state index >= 15 is 0 Å². The number of thiophene rings is 1. The van der Waals surface area contributed by atoms with Crippen LogP contribution in [-0.4, -0.2) is 27.3 Å². The number of thioether (sulfide) groups is 1. The Morgan fingerprint density at radius 2 is 2.04 bits per heavy atom. The molecule has 1 amide bonds. The van der Waals surface area contributed by atoms with Gasteiger partial charge in [-0.25, -0.2) is 9.37 Å². The Morgan fingerprint density at radius 1 is 1.26 bits per heavy atom. The Labute approximate surface area is 163 Å². The molecule has 1 atom stereocenters. The first-order valence-corrected chi connectivity index (χ1v) is 10.5. The Hall–Kier alpha value is -2.19. The van der Waals surface area contributed by atoms with Gasteiger partial charge < -0.3 is 5.32 Å². The molecule has 8 heteroatoms. The summed E-state index contributed by atoms with van der Waals surface area (Å²) in [6.45, 7) is 0.702. The summed E-state index contributed by atoms with van der Waals surface area (Å²) in [5.41, 5.74) is 1.38. The van der Waals surface area contributed by atoms with E-state index in [0.29, 0.717) is 21.9 Å². The van der Waals surface area contributed by atoms with Crippen molar-refractivity contribution in [2.75, 3.05) is 6.54 Å². The molecule has 0 radical (unpaired) electrons. The summed E-state index contributed by atoms with van der Waals surface area (Å²) in [5, 5.41) is 5.63. The average Bonchev–Trinajstić information content (AvgIpc) is 2.98. The van der Waals surface area contributed by atoms with E-state index < -0.39 is 0 Å². The summed E-state index contributed by atoms with van der Waals surface area (Å²) >= 11 is 2.73. The number of rotatable bonds is 3. The number of carbonyl (C=O) groups is 1. The average molecular weight is 404 g/mol. The molecule has 2 aromatic heterocycles. The Kier molecular flexibility index (Phi) is 5.01. The molecule has 0 saturated carbocycles. The first-order valence-electron chi connectivity index (χ1n) is 8.73. The van der Waals surface area contributed by atoms with Crippen molar-refractivity contribution in [1.82, 2.24) is 14.9 Å². The predicted octanol–water partition coefficient (Wildman–Crippen LogP) is 3.56. The second kappa shape index (κ2) is 7.44. The van der Waals surface area contributed by atoms with Gasteiger partial charge >= 0.3 is 0 Å². The molecule has 0 aliphatic carbocycles. The second-order valence-electron chi connectivity index (χ2n) is 6.49. The molecule has 3 heterocycles. The van der Waals surface area contributed by atoms with Gasteiger partial charge in [-0.3, -0.25) is 14.2 Å². The number of amides is 1. The topological polar surface area (TPSA) is 64.0 Å². The van der Waals surface area contributed by atoms with Crippen LogP contribution in [0.25, 0.3) is 21.3 Å². The molecule has 5 nitrogen and oxygen atoms in total. The van der Waals surface area contributed by atoms with E-state index in [1.165, 1.54) is 39.8 Å². The second-order valence-corrected chi connectivity index (χ2v) is 8.52. The van der Waals surface area contributed by atoms with E-state index in [1.54, 1.807) is 19.2 Å². The summed E-state index contributed by atoms with van der Waals surface area (Å²) in [6, 6.07) is 6.08. The lowest BCUT2D eigenvalue weighted by atomic mass is 10.1. The maximum atomic E-state index is 13.2. The highest BCUT2D eigenvalue weighted by Crippen LogP contribution is 2.33. The number of benzene rings is 1.